The second-order valence-electron chi connectivity index (χ2n) is 10.1. The van der Waals surface area contributed by atoms with Gasteiger partial charge in [-0.3, -0.25) is 0 Å². The molecule has 3 heterocycles. The monoisotopic (exact) mass is 552 g/mol. The molecule has 0 bridgehead atoms. The van der Waals surface area contributed by atoms with Crippen LogP contribution < -0.4 is 11.1 Å². The van der Waals surface area contributed by atoms with Gasteiger partial charge >= 0.3 is 0 Å². The van der Waals surface area contributed by atoms with Gasteiger partial charge in [0.1, 0.15) is 11.4 Å². The maximum Gasteiger partial charge on any atom is 0.263 e. The number of aliphatic hydroxyl groups is 2. The van der Waals surface area contributed by atoms with Gasteiger partial charge in [-0.2, -0.15) is 9.97 Å². The first-order chi connectivity index (χ1) is 18.5. The molecule has 4 aromatic rings. The molecule has 0 radical (unpaired) electrons. The third kappa shape index (κ3) is 6.77. The number of hydrogen-bond donors (Lipinski definition) is 4. The van der Waals surface area contributed by atoms with Crippen LogP contribution in [0, 0.1) is 0 Å². The molecule has 1 aliphatic rings. The lowest BCUT2D eigenvalue weighted by Gasteiger charge is -2.22. The number of sulfone groups is 1. The molecular formula is C27H32N6O5S. The van der Waals surface area contributed by atoms with E-state index in [4.69, 9.17) is 15.4 Å². The van der Waals surface area contributed by atoms with Crippen molar-refractivity contribution in [2.45, 2.75) is 50.0 Å². The van der Waals surface area contributed by atoms with E-state index in [0.29, 0.717) is 22.6 Å². The molecule has 0 aliphatic carbocycles. The molecule has 0 saturated carbocycles. The van der Waals surface area contributed by atoms with Crippen molar-refractivity contribution in [2.24, 2.45) is 0 Å². The van der Waals surface area contributed by atoms with Gasteiger partial charge in [-0.05, 0) is 36.6 Å². The number of aromatic nitrogens is 4. The van der Waals surface area contributed by atoms with Gasteiger partial charge in [0, 0.05) is 29.5 Å². The van der Waals surface area contributed by atoms with Crippen molar-refractivity contribution in [1.82, 2.24) is 20.1 Å². The van der Waals surface area contributed by atoms with E-state index in [0.717, 1.165) is 6.42 Å². The lowest BCUT2D eigenvalue weighted by molar-refractivity contribution is 0.168. The van der Waals surface area contributed by atoms with E-state index in [9.17, 15) is 13.5 Å². The Hall–Kier alpha value is -3.87. The van der Waals surface area contributed by atoms with Crippen LogP contribution in [-0.4, -0.2) is 51.1 Å². The number of nitrogens with two attached hydrogens (primary N) is 1. The van der Waals surface area contributed by atoms with E-state index in [1.807, 2.05) is 51.1 Å². The van der Waals surface area contributed by atoms with Gasteiger partial charge in [0.15, 0.2) is 15.7 Å². The zero-order valence-electron chi connectivity index (χ0n) is 22.0. The summed E-state index contributed by atoms with van der Waals surface area (Å²) >= 11 is 0. The van der Waals surface area contributed by atoms with E-state index < -0.39 is 15.9 Å². The number of nitrogen functional groups attached to an aromatic ring is 1. The zero-order chi connectivity index (χ0) is 28.2. The van der Waals surface area contributed by atoms with Gasteiger partial charge in [-0.25, -0.2) is 13.4 Å². The quantitative estimate of drug-likeness (QED) is 0.284. The minimum absolute atomic E-state index is 0.0678. The number of anilines is 3. The van der Waals surface area contributed by atoms with Gasteiger partial charge in [0.25, 0.3) is 5.89 Å². The summed E-state index contributed by atoms with van der Waals surface area (Å²) in [6.45, 7) is 6.14. The van der Waals surface area contributed by atoms with Gasteiger partial charge in [-0.15, -0.1) is 0 Å². The van der Waals surface area contributed by atoms with Crippen molar-refractivity contribution < 1.29 is 23.2 Å². The Balaban J connectivity index is 0.000000333. The molecule has 5 N–H and O–H groups in total. The highest BCUT2D eigenvalue weighted by atomic mass is 32.2. The lowest BCUT2D eigenvalue weighted by Crippen LogP contribution is -2.20. The predicted octanol–water partition coefficient (Wildman–Crippen LogP) is 3.58. The van der Waals surface area contributed by atoms with Crippen molar-refractivity contribution in [3.05, 3.63) is 71.7 Å². The summed E-state index contributed by atoms with van der Waals surface area (Å²) in [6, 6.07) is 14.6. The molecule has 2 aromatic heterocycles. The number of hydrogen-bond acceptors (Lipinski definition) is 11. The number of nitrogens with zero attached hydrogens (tertiary/aromatic N) is 4. The highest BCUT2D eigenvalue weighted by Crippen LogP contribution is 2.34. The average Bonchev–Trinajstić information content (AvgIpc) is 3.39. The molecule has 0 spiro atoms. The molecule has 1 atom stereocenters. The Morgan fingerprint density at radius 2 is 1.87 bits per heavy atom. The zero-order valence-corrected chi connectivity index (χ0v) is 22.8. The first-order valence-electron chi connectivity index (χ1n) is 12.4. The molecule has 2 aromatic carbocycles. The van der Waals surface area contributed by atoms with E-state index in [2.05, 4.69) is 25.4 Å². The molecule has 1 aliphatic heterocycles. The normalized spacial score (nSPS) is 16.1. The van der Waals surface area contributed by atoms with Crippen LogP contribution in [0.25, 0.3) is 11.5 Å². The van der Waals surface area contributed by atoms with Gasteiger partial charge in [-0.1, -0.05) is 56.3 Å². The SMILES string of the molecule is CC(C)(C)c1noc(-c2cnc(Nc3ccc4c(c3)C(O)CCS4(=O)=O)nc2N)n1.OCCc1ccccc1. The Morgan fingerprint density at radius 3 is 2.51 bits per heavy atom. The summed E-state index contributed by atoms with van der Waals surface area (Å²) in [5.74, 6) is 1.06. The van der Waals surface area contributed by atoms with Gasteiger partial charge in [0.2, 0.25) is 5.95 Å². The van der Waals surface area contributed by atoms with Crippen LogP contribution in [0.15, 0.2) is 64.1 Å². The molecule has 12 heteroatoms. The highest BCUT2D eigenvalue weighted by molar-refractivity contribution is 7.91. The average molecular weight is 553 g/mol. The molecule has 206 valence electrons. The molecule has 0 fully saturated rings. The molecule has 0 saturated heterocycles. The van der Waals surface area contributed by atoms with Crippen LogP contribution in [0.2, 0.25) is 0 Å². The Labute approximate surface area is 227 Å². The summed E-state index contributed by atoms with van der Waals surface area (Å²) in [7, 11) is -3.38. The standard InChI is InChI=1S/C19H22N6O4S.C8H10O/c1-19(2,3)17-24-16(29-25-17)12-9-21-18(23-15(12)20)22-10-4-5-14-11(8-10)13(26)6-7-30(14,27)28;9-7-6-8-4-2-1-3-5-8/h4-5,8-9,13,26H,6-7H2,1-3H3,(H3,20,21,22,23);1-5,9H,6-7H2. The van der Waals surface area contributed by atoms with E-state index in [1.165, 1.54) is 17.8 Å². The molecule has 11 nitrogen and oxygen atoms in total. The summed E-state index contributed by atoms with van der Waals surface area (Å²) < 4.78 is 29.6. The van der Waals surface area contributed by atoms with Crippen LogP contribution in [0.3, 0.4) is 0 Å². The molecule has 1 unspecified atom stereocenters. The van der Waals surface area contributed by atoms with E-state index >= 15 is 0 Å². The number of nitrogens with one attached hydrogen (secondary N) is 1. The third-order valence-electron chi connectivity index (χ3n) is 6.01. The second kappa shape index (κ2) is 11.5. The maximum atomic E-state index is 12.2. The molecule has 0 amide bonds. The second-order valence-corrected chi connectivity index (χ2v) is 12.2. The summed E-state index contributed by atoms with van der Waals surface area (Å²) in [6.07, 6.45) is 1.56. The van der Waals surface area contributed by atoms with Crippen molar-refractivity contribution in [3.8, 4) is 11.5 Å². The smallest absolute Gasteiger partial charge is 0.263 e. The first-order valence-corrected chi connectivity index (χ1v) is 14.1. The van der Waals surface area contributed by atoms with Crippen LogP contribution in [0.5, 0.6) is 0 Å². The Bertz CT molecular complexity index is 1530. The number of fused-ring (bicyclic) bond motifs is 1. The molecular weight excluding hydrogens is 520 g/mol. The van der Waals surface area contributed by atoms with Crippen LogP contribution >= 0.6 is 0 Å². The van der Waals surface area contributed by atoms with Crippen molar-refractivity contribution in [2.75, 3.05) is 23.4 Å². The van der Waals surface area contributed by atoms with E-state index in [-0.39, 0.29) is 46.7 Å². The van der Waals surface area contributed by atoms with Gasteiger partial charge in [0.05, 0.1) is 16.8 Å². The van der Waals surface area contributed by atoms with E-state index in [1.54, 1.807) is 12.1 Å². The minimum atomic E-state index is -3.38. The van der Waals surface area contributed by atoms with Crippen LogP contribution in [0.4, 0.5) is 17.5 Å². The fourth-order valence-electron chi connectivity index (χ4n) is 3.86. The maximum absolute atomic E-state index is 12.2. The van der Waals surface area contributed by atoms with Gasteiger partial charge < -0.3 is 25.8 Å². The first kappa shape index (κ1) is 28.1. The van der Waals surface area contributed by atoms with Crippen molar-refractivity contribution in [1.29, 1.82) is 0 Å². The number of aliphatic hydroxyl groups excluding tert-OH is 2. The largest absolute Gasteiger partial charge is 0.396 e. The number of rotatable bonds is 5. The minimum Gasteiger partial charge on any atom is -0.396 e. The predicted molar refractivity (Wildman–Crippen MR) is 147 cm³/mol. The lowest BCUT2D eigenvalue weighted by atomic mass is 9.96. The fourth-order valence-corrected chi connectivity index (χ4v) is 5.45. The Kier molecular flexibility index (Phi) is 8.28. The summed E-state index contributed by atoms with van der Waals surface area (Å²) in [5.41, 5.74) is 8.28. The summed E-state index contributed by atoms with van der Waals surface area (Å²) in [5, 5.41) is 25.6. The van der Waals surface area contributed by atoms with Crippen LogP contribution in [-0.2, 0) is 21.7 Å². The fraction of sp³-hybridized carbons (Fsp3) is 0.333. The number of benzene rings is 2. The highest BCUT2D eigenvalue weighted by Gasteiger charge is 2.29. The molecule has 5 rings (SSSR count). The van der Waals surface area contributed by atoms with Crippen molar-refractivity contribution in [3.63, 3.8) is 0 Å². The Morgan fingerprint density at radius 1 is 1.13 bits per heavy atom. The summed E-state index contributed by atoms with van der Waals surface area (Å²) in [4.78, 5) is 13.0. The third-order valence-corrected chi connectivity index (χ3v) is 7.82. The van der Waals surface area contributed by atoms with Crippen molar-refractivity contribution >= 4 is 27.3 Å². The topological polar surface area (TPSA) is 177 Å². The van der Waals surface area contributed by atoms with Crippen LogP contribution in [0.1, 0.15) is 50.2 Å². The molecule has 39 heavy (non-hydrogen) atoms.